The van der Waals surface area contributed by atoms with Crippen molar-refractivity contribution in [2.75, 3.05) is 0 Å². The van der Waals surface area contributed by atoms with Gasteiger partial charge in [-0.2, -0.15) is 0 Å². The van der Waals surface area contributed by atoms with Crippen molar-refractivity contribution in [2.24, 2.45) is 5.14 Å². The van der Waals surface area contributed by atoms with Gasteiger partial charge in [0.05, 0.1) is 4.47 Å². The summed E-state index contributed by atoms with van der Waals surface area (Å²) in [5, 5.41) is 4.04. The fraction of sp³-hybridized carbons (Fsp3) is 0.333. The van der Waals surface area contributed by atoms with E-state index in [1.54, 1.807) is 13.0 Å². The van der Waals surface area contributed by atoms with Crippen LogP contribution in [0.2, 0.25) is 0 Å². The summed E-state index contributed by atoms with van der Waals surface area (Å²) in [7, 11) is -3.77. The van der Waals surface area contributed by atoms with E-state index in [9.17, 15) is 12.8 Å². The summed E-state index contributed by atoms with van der Waals surface area (Å²) in [6.07, 6.45) is 0.242. The summed E-state index contributed by atoms with van der Waals surface area (Å²) < 4.78 is 36.3. The highest BCUT2D eigenvalue weighted by Gasteiger charge is 2.25. The van der Waals surface area contributed by atoms with Crippen LogP contribution in [0, 0.1) is 5.82 Å². The van der Waals surface area contributed by atoms with Crippen molar-refractivity contribution < 1.29 is 12.8 Å². The molecule has 0 spiro atoms. The average molecular weight is 296 g/mol. The average Bonchev–Trinajstić information content (AvgIpc) is 2.11. The molecule has 0 saturated heterocycles. The molecule has 0 aliphatic carbocycles. The van der Waals surface area contributed by atoms with Gasteiger partial charge in [0.15, 0.2) is 0 Å². The van der Waals surface area contributed by atoms with Crippen molar-refractivity contribution in [3.8, 4) is 0 Å². The van der Waals surface area contributed by atoms with E-state index in [-0.39, 0.29) is 16.5 Å². The number of nitrogens with two attached hydrogens (primary N) is 1. The Bertz CT molecular complexity index is 461. The van der Waals surface area contributed by atoms with E-state index in [0.717, 1.165) is 0 Å². The molecule has 3 nitrogen and oxygen atoms in total. The van der Waals surface area contributed by atoms with E-state index >= 15 is 0 Å². The zero-order valence-corrected chi connectivity index (χ0v) is 10.5. The number of primary sulfonamides is 1. The summed E-state index contributed by atoms with van der Waals surface area (Å²) in [4.78, 5) is 0. The van der Waals surface area contributed by atoms with Gasteiger partial charge in [-0.25, -0.2) is 17.9 Å². The first-order valence-corrected chi connectivity index (χ1v) is 6.73. The van der Waals surface area contributed by atoms with Gasteiger partial charge >= 0.3 is 0 Å². The number of hydrogen-bond acceptors (Lipinski definition) is 2. The highest BCUT2D eigenvalue weighted by atomic mass is 79.9. The molecule has 1 atom stereocenters. The maximum Gasteiger partial charge on any atom is 0.216 e. The van der Waals surface area contributed by atoms with Gasteiger partial charge in [0, 0.05) is 5.56 Å². The molecule has 84 valence electrons. The van der Waals surface area contributed by atoms with Gasteiger partial charge in [-0.1, -0.05) is 19.1 Å². The molecule has 0 aliphatic heterocycles. The minimum absolute atomic E-state index is 0.106. The normalized spacial score (nSPS) is 13.9. The quantitative estimate of drug-likeness (QED) is 0.930. The minimum atomic E-state index is -3.77. The molecular weight excluding hydrogens is 285 g/mol. The molecule has 2 N–H and O–H groups in total. The van der Waals surface area contributed by atoms with E-state index in [1.165, 1.54) is 12.1 Å². The number of sulfonamides is 1. The van der Waals surface area contributed by atoms with E-state index in [2.05, 4.69) is 15.9 Å². The van der Waals surface area contributed by atoms with Gasteiger partial charge < -0.3 is 0 Å². The van der Waals surface area contributed by atoms with Crippen molar-refractivity contribution in [3.63, 3.8) is 0 Å². The van der Waals surface area contributed by atoms with E-state index < -0.39 is 21.1 Å². The highest BCUT2D eigenvalue weighted by molar-refractivity contribution is 9.10. The predicted octanol–water partition coefficient (Wildman–Crippen LogP) is 2.33. The van der Waals surface area contributed by atoms with E-state index in [0.29, 0.717) is 0 Å². The zero-order chi connectivity index (χ0) is 11.6. The first-order valence-electron chi connectivity index (χ1n) is 4.33. The van der Waals surface area contributed by atoms with E-state index in [1.807, 2.05) is 0 Å². The molecule has 0 aliphatic rings. The van der Waals surface area contributed by atoms with Crippen LogP contribution in [0.15, 0.2) is 22.7 Å². The molecule has 0 radical (unpaired) electrons. The molecule has 0 fully saturated rings. The summed E-state index contributed by atoms with van der Waals surface area (Å²) in [5.41, 5.74) is 0.106. The minimum Gasteiger partial charge on any atom is -0.228 e. The molecule has 0 aromatic heterocycles. The second-order valence-corrected chi connectivity index (χ2v) is 5.73. The summed E-state index contributed by atoms with van der Waals surface area (Å²) in [6, 6.07) is 4.52. The van der Waals surface area contributed by atoms with Crippen LogP contribution in [-0.4, -0.2) is 8.42 Å². The molecular formula is C9H11BrFNO2S. The van der Waals surface area contributed by atoms with E-state index in [4.69, 9.17) is 5.14 Å². The van der Waals surface area contributed by atoms with Gasteiger partial charge in [-0.3, -0.25) is 0 Å². The molecule has 0 heterocycles. The third kappa shape index (κ3) is 2.76. The lowest BCUT2D eigenvalue weighted by atomic mass is 10.1. The Kier molecular flexibility index (Phi) is 3.86. The molecule has 1 aromatic rings. The lowest BCUT2D eigenvalue weighted by Gasteiger charge is -2.14. The van der Waals surface area contributed by atoms with Gasteiger partial charge in [-0.15, -0.1) is 0 Å². The number of rotatable bonds is 3. The van der Waals surface area contributed by atoms with Crippen LogP contribution in [0.5, 0.6) is 0 Å². The van der Waals surface area contributed by atoms with Gasteiger partial charge in [-0.05, 0) is 28.4 Å². The number of benzene rings is 1. The maximum atomic E-state index is 13.6. The van der Waals surface area contributed by atoms with Crippen LogP contribution in [0.3, 0.4) is 0 Å². The standard InChI is InChI=1S/C9H11BrFNO2S/c1-2-8(15(12,13)14)6-4-3-5-7(10)9(6)11/h3-5,8H,2H2,1H3,(H2,12,13,14). The SMILES string of the molecule is CCC(c1cccc(Br)c1F)S(N)(=O)=O. The molecule has 1 unspecified atom stereocenters. The Morgan fingerprint density at radius 1 is 1.53 bits per heavy atom. The van der Waals surface area contributed by atoms with Crippen molar-refractivity contribution in [3.05, 3.63) is 34.1 Å². The Morgan fingerprint density at radius 3 is 2.60 bits per heavy atom. The van der Waals surface area contributed by atoms with Crippen molar-refractivity contribution in [1.29, 1.82) is 0 Å². The van der Waals surface area contributed by atoms with Crippen LogP contribution < -0.4 is 5.14 Å². The third-order valence-electron chi connectivity index (χ3n) is 2.10. The first kappa shape index (κ1) is 12.6. The lowest BCUT2D eigenvalue weighted by molar-refractivity contribution is 0.563. The predicted molar refractivity (Wildman–Crippen MR) is 60.2 cm³/mol. The van der Waals surface area contributed by atoms with Crippen LogP contribution in [0.1, 0.15) is 24.2 Å². The van der Waals surface area contributed by atoms with Gasteiger partial charge in [0.2, 0.25) is 10.0 Å². The third-order valence-corrected chi connectivity index (χ3v) is 4.09. The summed E-state index contributed by atoms with van der Waals surface area (Å²) >= 11 is 3.00. The van der Waals surface area contributed by atoms with Crippen LogP contribution >= 0.6 is 15.9 Å². The van der Waals surface area contributed by atoms with Gasteiger partial charge in [0.25, 0.3) is 0 Å². The largest absolute Gasteiger partial charge is 0.228 e. The summed E-state index contributed by atoms with van der Waals surface area (Å²) in [6.45, 7) is 1.65. The molecule has 0 saturated carbocycles. The first-order chi connectivity index (χ1) is 6.88. The fourth-order valence-electron chi connectivity index (χ4n) is 1.40. The molecule has 0 amide bonds. The molecule has 6 heteroatoms. The topological polar surface area (TPSA) is 60.2 Å². The Morgan fingerprint density at radius 2 is 2.13 bits per heavy atom. The van der Waals surface area contributed by atoms with Crippen molar-refractivity contribution in [2.45, 2.75) is 18.6 Å². The lowest BCUT2D eigenvalue weighted by Crippen LogP contribution is -2.22. The number of halogens is 2. The number of hydrogen-bond donors (Lipinski definition) is 1. The maximum absolute atomic E-state index is 13.6. The molecule has 1 aromatic carbocycles. The smallest absolute Gasteiger partial charge is 0.216 e. The fourth-order valence-corrected chi connectivity index (χ4v) is 2.78. The van der Waals surface area contributed by atoms with Gasteiger partial charge in [0.1, 0.15) is 11.1 Å². The van der Waals surface area contributed by atoms with Crippen LogP contribution in [0.25, 0.3) is 0 Å². The molecule has 0 bridgehead atoms. The zero-order valence-electron chi connectivity index (χ0n) is 8.07. The second kappa shape index (κ2) is 4.59. The van der Waals surface area contributed by atoms with Crippen LogP contribution in [-0.2, 0) is 10.0 Å². The monoisotopic (exact) mass is 295 g/mol. The van der Waals surface area contributed by atoms with Crippen molar-refractivity contribution in [1.82, 2.24) is 0 Å². The summed E-state index contributed by atoms with van der Waals surface area (Å²) in [5.74, 6) is -0.571. The van der Waals surface area contributed by atoms with Crippen LogP contribution in [0.4, 0.5) is 4.39 Å². The Balaban J connectivity index is 3.31. The molecule has 15 heavy (non-hydrogen) atoms. The molecule has 1 rings (SSSR count). The second-order valence-electron chi connectivity index (χ2n) is 3.13. The highest BCUT2D eigenvalue weighted by Crippen LogP contribution is 2.29. The Labute approximate surface area is 96.7 Å². The Hall–Kier alpha value is -0.460. The van der Waals surface area contributed by atoms with Crippen molar-refractivity contribution >= 4 is 26.0 Å².